The Labute approximate surface area is 138 Å². The molecule has 0 atom stereocenters. The minimum Gasteiger partial charge on any atom is -0.291 e. The fraction of sp³-hybridized carbons (Fsp3) is 0.0667. The number of hydrogen-bond acceptors (Lipinski definition) is 4. The number of aromatic nitrogens is 3. The highest BCUT2D eigenvalue weighted by Gasteiger charge is 2.17. The zero-order valence-electron chi connectivity index (χ0n) is 12.1. The van der Waals surface area contributed by atoms with Crippen molar-refractivity contribution in [3.63, 3.8) is 0 Å². The molecule has 0 saturated carbocycles. The number of rotatable bonds is 4. The third-order valence-corrected chi connectivity index (χ3v) is 4.97. The maximum absolute atomic E-state index is 12.5. The van der Waals surface area contributed by atoms with Crippen LogP contribution in [0.2, 0.25) is 5.02 Å². The van der Waals surface area contributed by atoms with E-state index in [1.165, 1.54) is 12.3 Å². The molecule has 2 heterocycles. The number of aryl methyl sites for hydroxylation is 1. The number of hydrogen-bond donors (Lipinski definition) is 1. The summed E-state index contributed by atoms with van der Waals surface area (Å²) in [7, 11) is -3.73. The first-order valence-corrected chi connectivity index (χ1v) is 8.55. The first-order chi connectivity index (χ1) is 11.0. The van der Waals surface area contributed by atoms with Crippen molar-refractivity contribution in [2.75, 3.05) is 4.72 Å². The van der Waals surface area contributed by atoms with Gasteiger partial charge in [-0.05, 0) is 36.8 Å². The van der Waals surface area contributed by atoms with E-state index in [2.05, 4.69) is 14.7 Å². The highest BCUT2D eigenvalue weighted by molar-refractivity contribution is 7.92. The van der Waals surface area contributed by atoms with Crippen molar-refractivity contribution < 1.29 is 8.42 Å². The maximum atomic E-state index is 12.5. The van der Waals surface area contributed by atoms with Gasteiger partial charge in [-0.1, -0.05) is 17.7 Å². The molecule has 0 aliphatic carbocycles. The predicted molar refractivity (Wildman–Crippen MR) is 88.4 cm³/mol. The van der Waals surface area contributed by atoms with Gasteiger partial charge in [0.1, 0.15) is 12.1 Å². The molecule has 1 N–H and O–H groups in total. The lowest BCUT2D eigenvalue weighted by molar-refractivity contribution is 0.600. The summed E-state index contributed by atoms with van der Waals surface area (Å²) in [5.41, 5.74) is 0.984. The normalized spacial score (nSPS) is 11.4. The number of halogens is 1. The molecule has 0 saturated heterocycles. The third-order valence-electron chi connectivity index (χ3n) is 3.21. The molecule has 0 aliphatic heterocycles. The Balaban J connectivity index is 1.87. The van der Waals surface area contributed by atoms with Crippen LogP contribution < -0.4 is 4.72 Å². The first kappa shape index (κ1) is 15.5. The quantitative estimate of drug-likeness (QED) is 0.786. The Bertz CT molecular complexity index is 923. The number of sulfonamides is 1. The van der Waals surface area contributed by atoms with Crippen LogP contribution in [0.4, 0.5) is 5.69 Å². The van der Waals surface area contributed by atoms with Crippen molar-refractivity contribution in [3.05, 3.63) is 65.8 Å². The van der Waals surface area contributed by atoms with Crippen LogP contribution >= 0.6 is 11.6 Å². The molecular formula is C15H13ClN4O2S. The topological polar surface area (TPSA) is 76.9 Å². The monoisotopic (exact) mass is 348 g/mol. The predicted octanol–water partition coefficient (Wildman–Crippen LogP) is 3.03. The van der Waals surface area contributed by atoms with E-state index in [4.69, 9.17) is 11.6 Å². The van der Waals surface area contributed by atoms with E-state index in [0.717, 1.165) is 0 Å². The van der Waals surface area contributed by atoms with Gasteiger partial charge >= 0.3 is 0 Å². The largest absolute Gasteiger partial charge is 0.291 e. The summed E-state index contributed by atoms with van der Waals surface area (Å²) in [5.74, 6) is 0.643. The number of pyridine rings is 1. The van der Waals surface area contributed by atoms with Crippen molar-refractivity contribution in [3.8, 4) is 5.82 Å². The smallest absolute Gasteiger partial charge is 0.262 e. The number of benzene rings is 1. The van der Waals surface area contributed by atoms with Gasteiger partial charge in [0.2, 0.25) is 0 Å². The molecule has 6 nitrogen and oxygen atoms in total. The van der Waals surface area contributed by atoms with Crippen LogP contribution in [0.5, 0.6) is 0 Å². The third kappa shape index (κ3) is 3.35. The summed E-state index contributed by atoms with van der Waals surface area (Å²) in [6, 6.07) is 8.07. The van der Waals surface area contributed by atoms with Crippen molar-refractivity contribution in [2.24, 2.45) is 0 Å². The average molecular weight is 349 g/mol. The molecule has 3 rings (SSSR count). The van der Waals surface area contributed by atoms with Crippen LogP contribution in [0.25, 0.3) is 5.82 Å². The summed E-state index contributed by atoms with van der Waals surface area (Å²) in [4.78, 5) is 8.29. The second-order valence-electron chi connectivity index (χ2n) is 4.89. The highest BCUT2D eigenvalue weighted by Crippen LogP contribution is 2.22. The Hall–Kier alpha value is -2.38. The van der Waals surface area contributed by atoms with E-state index in [1.807, 2.05) is 0 Å². The zero-order chi connectivity index (χ0) is 16.4. The second kappa shape index (κ2) is 6.02. The molecule has 118 valence electrons. The van der Waals surface area contributed by atoms with Crippen molar-refractivity contribution in [1.82, 2.24) is 14.5 Å². The molecule has 1 aromatic carbocycles. The summed E-state index contributed by atoms with van der Waals surface area (Å²) >= 11 is 5.89. The van der Waals surface area contributed by atoms with Gasteiger partial charge in [-0.3, -0.25) is 9.29 Å². The lowest BCUT2D eigenvalue weighted by Gasteiger charge is -2.11. The van der Waals surface area contributed by atoms with Gasteiger partial charge in [-0.2, -0.15) is 0 Å². The molecule has 3 aromatic rings. The second-order valence-corrected chi connectivity index (χ2v) is 6.98. The Morgan fingerprint density at radius 1 is 1.22 bits per heavy atom. The van der Waals surface area contributed by atoms with Gasteiger partial charge in [0.25, 0.3) is 10.0 Å². The summed E-state index contributed by atoms with van der Waals surface area (Å²) in [6.45, 7) is 1.71. The van der Waals surface area contributed by atoms with Gasteiger partial charge in [-0.15, -0.1) is 0 Å². The SMILES string of the molecule is Cc1ccc(Cl)cc1S(=O)(=O)Nc1ccc(-n2ccnc2)nc1. The van der Waals surface area contributed by atoms with E-state index < -0.39 is 10.0 Å². The zero-order valence-corrected chi connectivity index (χ0v) is 13.7. The number of imidazole rings is 1. The molecule has 0 amide bonds. The van der Waals surface area contributed by atoms with Gasteiger partial charge in [0.15, 0.2) is 0 Å². The van der Waals surface area contributed by atoms with Crippen LogP contribution in [-0.4, -0.2) is 23.0 Å². The van der Waals surface area contributed by atoms with E-state index in [1.54, 1.807) is 54.5 Å². The molecule has 0 unspecified atom stereocenters. The molecule has 8 heteroatoms. The minimum absolute atomic E-state index is 0.142. The molecule has 0 fully saturated rings. The van der Waals surface area contributed by atoms with Gasteiger partial charge < -0.3 is 0 Å². The molecular weight excluding hydrogens is 336 g/mol. The highest BCUT2D eigenvalue weighted by atomic mass is 35.5. The molecule has 23 heavy (non-hydrogen) atoms. The van der Waals surface area contributed by atoms with Crippen molar-refractivity contribution >= 4 is 27.3 Å². The maximum Gasteiger partial charge on any atom is 0.262 e. The number of nitrogens with zero attached hydrogens (tertiary/aromatic N) is 3. The number of anilines is 1. The standard InChI is InChI=1S/C15H13ClN4O2S/c1-11-2-3-12(16)8-14(11)23(21,22)19-13-4-5-15(18-9-13)20-7-6-17-10-20/h2-10,19H,1H3. The molecule has 0 radical (unpaired) electrons. The van der Waals surface area contributed by atoms with E-state index in [9.17, 15) is 8.42 Å². The van der Waals surface area contributed by atoms with Crippen LogP contribution in [0, 0.1) is 6.92 Å². The Morgan fingerprint density at radius 3 is 2.70 bits per heavy atom. The fourth-order valence-corrected chi connectivity index (χ4v) is 3.62. The molecule has 0 spiro atoms. The lowest BCUT2D eigenvalue weighted by atomic mass is 10.2. The molecule has 2 aromatic heterocycles. The summed E-state index contributed by atoms with van der Waals surface area (Å²) < 4.78 is 29.2. The van der Waals surface area contributed by atoms with Crippen LogP contribution in [0.1, 0.15) is 5.56 Å². The average Bonchev–Trinajstić information content (AvgIpc) is 3.04. The van der Waals surface area contributed by atoms with Gasteiger partial charge in [0, 0.05) is 17.4 Å². The Kier molecular flexibility index (Phi) is 4.06. The van der Waals surface area contributed by atoms with Crippen molar-refractivity contribution in [1.29, 1.82) is 0 Å². The van der Waals surface area contributed by atoms with Crippen LogP contribution in [0.15, 0.2) is 60.1 Å². The van der Waals surface area contributed by atoms with E-state index in [0.29, 0.717) is 22.1 Å². The first-order valence-electron chi connectivity index (χ1n) is 6.69. The van der Waals surface area contributed by atoms with Gasteiger partial charge in [0.05, 0.1) is 16.8 Å². The number of nitrogens with one attached hydrogen (secondary N) is 1. The minimum atomic E-state index is -3.73. The van der Waals surface area contributed by atoms with Crippen molar-refractivity contribution in [2.45, 2.75) is 11.8 Å². The Morgan fingerprint density at radius 2 is 2.04 bits per heavy atom. The molecule has 0 bridgehead atoms. The van der Waals surface area contributed by atoms with E-state index in [-0.39, 0.29) is 4.90 Å². The summed E-state index contributed by atoms with van der Waals surface area (Å²) in [6.07, 6.45) is 6.45. The van der Waals surface area contributed by atoms with Crippen LogP contribution in [0.3, 0.4) is 0 Å². The van der Waals surface area contributed by atoms with Gasteiger partial charge in [-0.25, -0.2) is 18.4 Å². The van der Waals surface area contributed by atoms with E-state index >= 15 is 0 Å². The lowest BCUT2D eigenvalue weighted by Crippen LogP contribution is -2.14. The molecule has 0 aliphatic rings. The fourth-order valence-electron chi connectivity index (χ4n) is 2.07. The summed E-state index contributed by atoms with van der Waals surface area (Å²) in [5, 5.41) is 0.365. The van der Waals surface area contributed by atoms with Crippen LogP contribution in [-0.2, 0) is 10.0 Å².